The molecule has 5 heteroatoms. The van der Waals surface area contributed by atoms with Gasteiger partial charge in [0.05, 0.1) is 6.61 Å². The van der Waals surface area contributed by atoms with Gasteiger partial charge in [0.2, 0.25) is 5.91 Å². The van der Waals surface area contributed by atoms with E-state index in [9.17, 15) is 9.59 Å². The van der Waals surface area contributed by atoms with E-state index < -0.39 is 0 Å². The summed E-state index contributed by atoms with van der Waals surface area (Å²) in [4.78, 5) is 26.3. The van der Waals surface area contributed by atoms with E-state index in [2.05, 4.69) is 17.4 Å². The average molecular weight is 350 g/mol. The van der Waals surface area contributed by atoms with Crippen LogP contribution in [0.25, 0.3) is 0 Å². The number of hydrogen-bond donors (Lipinski definition) is 1. The SMILES string of the molecule is O=C(CCN1Cc2ccccc2C1=O)NC[C@@H]1OCCc2ccccc21. The van der Waals surface area contributed by atoms with Gasteiger partial charge in [-0.25, -0.2) is 0 Å². The number of nitrogens with zero attached hydrogens (tertiary/aromatic N) is 1. The first-order chi connectivity index (χ1) is 12.7. The van der Waals surface area contributed by atoms with Crippen molar-refractivity contribution in [3.63, 3.8) is 0 Å². The molecule has 0 aromatic heterocycles. The second-order valence-electron chi connectivity index (χ2n) is 6.75. The minimum atomic E-state index is -0.0958. The van der Waals surface area contributed by atoms with E-state index >= 15 is 0 Å². The van der Waals surface area contributed by atoms with Crippen LogP contribution in [-0.2, 0) is 22.5 Å². The maximum absolute atomic E-state index is 12.3. The molecule has 0 saturated carbocycles. The fourth-order valence-electron chi connectivity index (χ4n) is 3.67. The maximum Gasteiger partial charge on any atom is 0.254 e. The summed E-state index contributed by atoms with van der Waals surface area (Å²) in [5, 5.41) is 2.95. The van der Waals surface area contributed by atoms with Crippen LogP contribution in [0, 0.1) is 0 Å². The van der Waals surface area contributed by atoms with Gasteiger partial charge in [0, 0.05) is 31.6 Å². The Bertz CT molecular complexity index is 834. The van der Waals surface area contributed by atoms with E-state index in [4.69, 9.17) is 4.74 Å². The van der Waals surface area contributed by atoms with Crippen LogP contribution in [0.5, 0.6) is 0 Å². The van der Waals surface area contributed by atoms with Gasteiger partial charge in [0.15, 0.2) is 0 Å². The number of carbonyl (C=O) groups is 2. The smallest absolute Gasteiger partial charge is 0.254 e. The Hall–Kier alpha value is -2.66. The van der Waals surface area contributed by atoms with Crippen LogP contribution >= 0.6 is 0 Å². The number of fused-ring (bicyclic) bond motifs is 2. The largest absolute Gasteiger partial charge is 0.371 e. The van der Waals surface area contributed by atoms with Gasteiger partial charge in [-0.3, -0.25) is 9.59 Å². The van der Waals surface area contributed by atoms with Gasteiger partial charge in [-0.1, -0.05) is 42.5 Å². The lowest BCUT2D eigenvalue weighted by Gasteiger charge is -2.26. The van der Waals surface area contributed by atoms with Crippen LogP contribution in [0.4, 0.5) is 0 Å². The van der Waals surface area contributed by atoms with Gasteiger partial charge in [0.25, 0.3) is 5.91 Å². The Labute approximate surface area is 153 Å². The van der Waals surface area contributed by atoms with Crippen molar-refractivity contribution in [1.29, 1.82) is 0 Å². The zero-order chi connectivity index (χ0) is 17.9. The lowest BCUT2D eigenvalue weighted by atomic mass is 9.97. The molecule has 134 valence electrons. The highest BCUT2D eigenvalue weighted by atomic mass is 16.5. The van der Waals surface area contributed by atoms with Gasteiger partial charge in [-0.15, -0.1) is 0 Å². The molecule has 0 radical (unpaired) electrons. The zero-order valence-corrected chi connectivity index (χ0v) is 14.6. The van der Waals surface area contributed by atoms with Crippen molar-refractivity contribution in [2.45, 2.75) is 25.5 Å². The number of rotatable bonds is 5. The van der Waals surface area contributed by atoms with E-state index in [1.54, 1.807) is 4.90 Å². The number of benzene rings is 2. The molecule has 0 aliphatic carbocycles. The number of hydrogen-bond acceptors (Lipinski definition) is 3. The normalized spacial score (nSPS) is 18.4. The molecule has 2 heterocycles. The van der Waals surface area contributed by atoms with Gasteiger partial charge in [-0.2, -0.15) is 0 Å². The highest BCUT2D eigenvalue weighted by molar-refractivity contribution is 5.98. The molecule has 0 bridgehead atoms. The summed E-state index contributed by atoms with van der Waals surface area (Å²) in [6, 6.07) is 15.8. The van der Waals surface area contributed by atoms with Crippen LogP contribution in [0.3, 0.4) is 0 Å². The molecule has 5 nitrogen and oxygen atoms in total. The van der Waals surface area contributed by atoms with Crippen molar-refractivity contribution in [3.8, 4) is 0 Å². The minimum absolute atomic E-state index is 0.0120. The van der Waals surface area contributed by atoms with Crippen LogP contribution in [0.15, 0.2) is 48.5 Å². The van der Waals surface area contributed by atoms with Crippen LogP contribution in [-0.4, -0.2) is 36.4 Å². The van der Waals surface area contributed by atoms with Crippen molar-refractivity contribution in [2.24, 2.45) is 0 Å². The summed E-state index contributed by atoms with van der Waals surface area (Å²) < 4.78 is 5.81. The molecule has 0 spiro atoms. The lowest BCUT2D eigenvalue weighted by molar-refractivity contribution is -0.122. The van der Waals surface area contributed by atoms with Gasteiger partial charge < -0.3 is 15.0 Å². The predicted molar refractivity (Wildman–Crippen MR) is 97.6 cm³/mol. The summed E-state index contributed by atoms with van der Waals surface area (Å²) in [6.45, 7) is 2.16. The molecule has 0 saturated heterocycles. The first kappa shape index (κ1) is 16.8. The fraction of sp³-hybridized carbons (Fsp3) is 0.333. The molecule has 0 fully saturated rings. The molecule has 2 aromatic carbocycles. The van der Waals surface area contributed by atoms with E-state index in [1.807, 2.05) is 36.4 Å². The molecule has 2 aliphatic heterocycles. The fourth-order valence-corrected chi connectivity index (χ4v) is 3.67. The highest BCUT2D eigenvalue weighted by Crippen LogP contribution is 2.26. The highest BCUT2D eigenvalue weighted by Gasteiger charge is 2.27. The Morgan fingerprint density at radius 2 is 1.88 bits per heavy atom. The maximum atomic E-state index is 12.3. The second kappa shape index (κ2) is 7.30. The Morgan fingerprint density at radius 1 is 1.12 bits per heavy atom. The number of ether oxygens (including phenoxy) is 1. The van der Waals surface area contributed by atoms with Gasteiger partial charge >= 0.3 is 0 Å². The van der Waals surface area contributed by atoms with E-state index in [0.29, 0.717) is 32.7 Å². The summed E-state index contributed by atoms with van der Waals surface area (Å²) in [5.74, 6) is -0.0432. The Kier molecular flexibility index (Phi) is 4.71. The molecule has 2 amide bonds. The quantitative estimate of drug-likeness (QED) is 0.901. The van der Waals surface area contributed by atoms with Crippen molar-refractivity contribution in [2.75, 3.05) is 19.7 Å². The van der Waals surface area contributed by atoms with Crippen molar-refractivity contribution < 1.29 is 14.3 Å². The average Bonchev–Trinajstić information content (AvgIpc) is 3.01. The minimum Gasteiger partial charge on any atom is -0.371 e. The van der Waals surface area contributed by atoms with Gasteiger partial charge in [0.1, 0.15) is 6.10 Å². The van der Waals surface area contributed by atoms with Crippen LogP contribution in [0.2, 0.25) is 0 Å². The van der Waals surface area contributed by atoms with Crippen LogP contribution < -0.4 is 5.32 Å². The molecule has 2 aromatic rings. The molecule has 4 rings (SSSR count). The Balaban J connectivity index is 1.28. The second-order valence-corrected chi connectivity index (χ2v) is 6.75. The van der Waals surface area contributed by atoms with Crippen molar-refractivity contribution in [1.82, 2.24) is 10.2 Å². The van der Waals surface area contributed by atoms with E-state index in [0.717, 1.165) is 23.1 Å². The summed E-state index contributed by atoms with van der Waals surface area (Å²) in [7, 11) is 0. The van der Waals surface area contributed by atoms with Crippen molar-refractivity contribution >= 4 is 11.8 Å². The Morgan fingerprint density at radius 3 is 2.73 bits per heavy atom. The summed E-state index contributed by atoms with van der Waals surface area (Å²) in [6.07, 6.45) is 1.12. The molecular weight excluding hydrogens is 328 g/mol. The summed E-state index contributed by atoms with van der Waals surface area (Å²) >= 11 is 0. The molecule has 1 N–H and O–H groups in total. The first-order valence-electron chi connectivity index (χ1n) is 9.05. The predicted octanol–water partition coefficient (Wildman–Crippen LogP) is 2.46. The third kappa shape index (κ3) is 3.35. The number of carbonyl (C=O) groups excluding carboxylic acids is 2. The molecular formula is C21H22N2O3. The molecule has 1 atom stereocenters. The van der Waals surface area contributed by atoms with Gasteiger partial charge in [-0.05, 0) is 29.2 Å². The topological polar surface area (TPSA) is 58.6 Å². The molecule has 2 aliphatic rings. The van der Waals surface area contributed by atoms with Crippen molar-refractivity contribution in [3.05, 3.63) is 70.8 Å². The third-order valence-electron chi connectivity index (χ3n) is 5.08. The van der Waals surface area contributed by atoms with E-state index in [-0.39, 0.29) is 17.9 Å². The van der Waals surface area contributed by atoms with E-state index in [1.165, 1.54) is 5.56 Å². The zero-order valence-electron chi connectivity index (χ0n) is 14.6. The first-order valence-corrected chi connectivity index (χ1v) is 9.05. The number of amides is 2. The molecule has 0 unspecified atom stereocenters. The third-order valence-corrected chi connectivity index (χ3v) is 5.08. The number of nitrogens with one attached hydrogen (secondary N) is 1. The standard InChI is InChI=1S/C21H22N2O3/c24-20(9-11-23-14-16-6-2-4-8-18(16)21(23)25)22-13-19-17-7-3-1-5-15(17)10-12-26-19/h1-8,19H,9-14H2,(H,22,24)/t19-/m0/s1. The van der Waals surface area contributed by atoms with Crippen LogP contribution in [0.1, 0.15) is 39.6 Å². The summed E-state index contributed by atoms with van der Waals surface area (Å²) in [5.41, 5.74) is 4.23. The monoisotopic (exact) mass is 350 g/mol. The lowest BCUT2D eigenvalue weighted by Crippen LogP contribution is -2.34. The molecule has 26 heavy (non-hydrogen) atoms.